The van der Waals surface area contributed by atoms with Crippen LogP contribution in [0.4, 0.5) is 0 Å². The summed E-state index contributed by atoms with van der Waals surface area (Å²) in [6.07, 6.45) is 0.660. The summed E-state index contributed by atoms with van der Waals surface area (Å²) in [6, 6.07) is 7.43. The van der Waals surface area contributed by atoms with Crippen LogP contribution in [-0.2, 0) is 14.3 Å². The van der Waals surface area contributed by atoms with Crippen molar-refractivity contribution in [2.24, 2.45) is 0 Å². The molecule has 22 heavy (non-hydrogen) atoms. The molecule has 0 fully saturated rings. The Morgan fingerprint density at radius 1 is 1.36 bits per heavy atom. The predicted octanol–water partition coefficient (Wildman–Crippen LogP) is 2.21. The van der Waals surface area contributed by atoms with E-state index in [9.17, 15) is 9.59 Å². The van der Waals surface area contributed by atoms with Gasteiger partial charge < -0.3 is 19.9 Å². The minimum absolute atomic E-state index is 0.0957. The number of amides is 1. The van der Waals surface area contributed by atoms with Gasteiger partial charge in [-0.1, -0.05) is 12.1 Å². The fraction of sp³-hybridized carbons (Fsp3) is 0.467. The van der Waals surface area contributed by atoms with Crippen LogP contribution in [-0.4, -0.2) is 42.8 Å². The van der Waals surface area contributed by atoms with E-state index in [1.165, 1.54) is 14.0 Å². The van der Waals surface area contributed by atoms with Crippen LogP contribution in [0, 0.1) is 0 Å². The van der Waals surface area contributed by atoms with E-state index in [-0.39, 0.29) is 18.9 Å². The van der Waals surface area contributed by atoms with E-state index < -0.39 is 11.5 Å². The van der Waals surface area contributed by atoms with Gasteiger partial charge in [0.05, 0.1) is 17.7 Å². The van der Waals surface area contributed by atoms with E-state index in [0.29, 0.717) is 18.8 Å². The summed E-state index contributed by atoms with van der Waals surface area (Å²) in [5.74, 6) is -0.775. The van der Waals surface area contributed by atoms with Gasteiger partial charge in [0.15, 0.2) is 5.54 Å². The Kier molecular flexibility index (Phi) is 7.34. The standard InChI is InChI=1S/C15H20BrNO5/c1-15(10-21-2,14(19)20)17-13(18)8-5-9-22-12-7-4-3-6-11(12)16/h3-4,6-7H,5,8-10H2,1-2H3,(H,17,18)(H,19,20). The van der Waals surface area contributed by atoms with Gasteiger partial charge in [0, 0.05) is 13.5 Å². The Balaban J connectivity index is 2.37. The summed E-state index contributed by atoms with van der Waals surface area (Å²) < 4.78 is 11.2. The number of carboxylic acids is 1. The number of rotatable bonds is 9. The molecule has 1 atom stereocenters. The van der Waals surface area contributed by atoms with Gasteiger partial charge in [-0.3, -0.25) is 4.79 Å². The Hall–Kier alpha value is -1.60. The van der Waals surface area contributed by atoms with Gasteiger partial charge in [-0.05, 0) is 41.4 Å². The van der Waals surface area contributed by atoms with Gasteiger partial charge in [-0.25, -0.2) is 4.79 Å². The maximum Gasteiger partial charge on any atom is 0.331 e. The number of hydrogen-bond acceptors (Lipinski definition) is 4. The number of benzene rings is 1. The summed E-state index contributed by atoms with van der Waals surface area (Å²) in [6.45, 7) is 1.68. The zero-order valence-corrected chi connectivity index (χ0v) is 14.2. The third kappa shape index (κ3) is 5.65. The third-order valence-electron chi connectivity index (χ3n) is 2.96. The number of ether oxygens (including phenoxy) is 2. The molecule has 0 heterocycles. The lowest BCUT2D eigenvalue weighted by Gasteiger charge is -2.25. The Morgan fingerprint density at radius 2 is 2.05 bits per heavy atom. The SMILES string of the molecule is COCC(C)(NC(=O)CCCOc1ccccc1Br)C(=O)O. The monoisotopic (exact) mass is 373 g/mol. The summed E-state index contributed by atoms with van der Waals surface area (Å²) in [5, 5.41) is 11.6. The molecule has 0 spiro atoms. The molecule has 6 nitrogen and oxygen atoms in total. The summed E-state index contributed by atoms with van der Waals surface area (Å²) in [4.78, 5) is 23.0. The van der Waals surface area contributed by atoms with Gasteiger partial charge in [-0.2, -0.15) is 0 Å². The number of nitrogens with one attached hydrogen (secondary N) is 1. The molecule has 0 bridgehead atoms. The first-order chi connectivity index (χ1) is 10.4. The molecule has 122 valence electrons. The molecule has 0 aliphatic rings. The molecule has 1 aromatic rings. The van der Waals surface area contributed by atoms with Crippen molar-refractivity contribution in [1.82, 2.24) is 5.32 Å². The quantitative estimate of drug-likeness (QED) is 0.648. The van der Waals surface area contributed by atoms with E-state index in [1.54, 1.807) is 0 Å². The lowest BCUT2D eigenvalue weighted by Crippen LogP contribution is -2.55. The molecule has 0 saturated heterocycles. The van der Waals surface area contributed by atoms with Crippen molar-refractivity contribution < 1.29 is 24.2 Å². The summed E-state index contributed by atoms with van der Waals surface area (Å²) in [7, 11) is 1.39. The number of carbonyl (C=O) groups is 2. The fourth-order valence-electron chi connectivity index (χ4n) is 1.79. The molecule has 0 aliphatic heterocycles. The van der Waals surface area contributed by atoms with Crippen molar-refractivity contribution >= 4 is 27.8 Å². The highest BCUT2D eigenvalue weighted by Crippen LogP contribution is 2.23. The van der Waals surface area contributed by atoms with Crippen LogP contribution < -0.4 is 10.1 Å². The van der Waals surface area contributed by atoms with Crippen LogP contribution in [0.15, 0.2) is 28.7 Å². The molecule has 7 heteroatoms. The van der Waals surface area contributed by atoms with Gasteiger partial charge in [-0.15, -0.1) is 0 Å². The van der Waals surface area contributed by atoms with Gasteiger partial charge in [0.2, 0.25) is 5.91 Å². The highest BCUT2D eigenvalue weighted by molar-refractivity contribution is 9.10. The molecule has 1 unspecified atom stereocenters. The smallest absolute Gasteiger partial charge is 0.331 e. The van der Waals surface area contributed by atoms with Crippen molar-refractivity contribution in [3.05, 3.63) is 28.7 Å². The Bertz CT molecular complexity index is 522. The Labute approximate surface area is 137 Å². The van der Waals surface area contributed by atoms with Gasteiger partial charge in [0.25, 0.3) is 0 Å². The van der Waals surface area contributed by atoms with Crippen molar-refractivity contribution in [3.8, 4) is 5.75 Å². The summed E-state index contributed by atoms with van der Waals surface area (Å²) >= 11 is 3.37. The lowest BCUT2D eigenvalue weighted by molar-refractivity contribution is -0.149. The lowest BCUT2D eigenvalue weighted by atomic mass is 10.0. The molecular weight excluding hydrogens is 354 g/mol. The molecule has 0 saturated carbocycles. The molecule has 2 N–H and O–H groups in total. The highest BCUT2D eigenvalue weighted by Gasteiger charge is 2.34. The number of carbonyl (C=O) groups excluding carboxylic acids is 1. The largest absolute Gasteiger partial charge is 0.492 e. The highest BCUT2D eigenvalue weighted by atomic mass is 79.9. The van der Waals surface area contributed by atoms with E-state index in [0.717, 1.165) is 4.47 Å². The maximum absolute atomic E-state index is 11.8. The zero-order valence-electron chi connectivity index (χ0n) is 12.6. The molecule has 0 aromatic heterocycles. The second kappa shape index (κ2) is 8.75. The number of para-hydroxylation sites is 1. The van der Waals surface area contributed by atoms with Crippen molar-refractivity contribution in [3.63, 3.8) is 0 Å². The van der Waals surface area contributed by atoms with Crippen molar-refractivity contribution in [2.75, 3.05) is 20.3 Å². The van der Waals surface area contributed by atoms with Crippen LogP contribution in [0.1, 0.15) is 19.8 Å². The van der Waals surface area contributed by atoms with Crippen molar-refractivity contribution in [2.45, 2.75) is 25.3 Å². The number of hydrogen-bond donors (Lipinski definition) is 2. The predicted molar refractivity (Wildman–Crippen MR) is 84.9 cm³/mol. The molecule has 0 aliphatic carbocycles. The minimum Gasteiger partial charge on any atom is -0.492 e. The van der Waals surface area contributed by atoms with Crippen LogP contribution in [0.5, 0.6) is 5.75 Å². The van der Waals surface area contributed by atoms with Gasteiger partial charge >= 0.3 is 5.97 Å². The number of aliphatic carboxylic acids is 1. The average Bonchev–Trinajstić information content (AvgIpc) is 2.45. The van der Waals surface area contributed by atoms with Gasteiger partial charge in [0.1, 0.15) is 5.75 Å². The van der Waals surface area contributed by atoms with E-state index >= 15 is 0 Å². The Morgan fingerprint density at radius 3 is 2.64 bits per heavy atom. The average molecular weight is 374 g/mol. The maximum atomic E-state index is 11.8. The second-order valence-corrected chi connectivity index (χ2v) is 5.86. The molecule has 1 aromatic carbocycles. The van der Waals surface area contributed by atoms with Crippen LogP contribution >= 0.6 is 15.9 Å². The first kappa shape index (κ1) is 18.4. The van der Waals surface area contributed by atoms with Crippen molar-refractivity contribution in [1.29, 1.82) is 0 Å². The molecule has 1 rings (SSSR count). The normalized spacial score (nSPS) is 13.2. The minimum atomic E-state index is -1.42. The summed E-state index contributed by atoms with van der Waals surface area (Å²) in [5.41, 5.74) is -1.42. The fourth-order valence-corrected chi connectivity index (χ4v) is 2.19. The number of halogens is 1. The first-order valence-electron chi connectivity index (χ1n) is 6.80. The number of carboxylic acid groups (broad SMARTS) is 1. The molecular formula is C15H20BrNO5. The van der Waals surface area contributed by atoms with Crippen LogP contribution in [0.25, 0.3) is 0 Å². The van der Waals surface area contributed by atoms with E-state index in [2.05, 4.69) is 21.2 Å². The first-order valence-corrected chi connectivity index (χ1v) is 7.59. The van der Waals surface area contributed by atoms with E-state index in [1.807, 2.05) is 24.3 Å². The van der Waals surface area contributed by atoms with Crippen LogP contribution in [0.2, 0.25) is 0 Å². The zero-order chi connectivity index (χ0) is 16.6. The molecule has 0 radical (unpaired) electrons. The third-order valence-corrected chi connectivity index (χ3v) is 3.62. The second-order valence-electron chi connectivity index (χ2n) is 5.00. The van der Waals surface area contributed by atoms with Crippen LogP contribution in [0.3, 0.4) is 0 Å². The topological polar surface area (TPSA) is 84.9 Å². The van der Waals surface area contributed by atoms with E-state index in [4.69, 9.17) is 14.6 Å². The molecule has 1 amide bonds. The number of methoxy groups -OCH3 is 1.